The standard InChI is InChI=1S/C29H52O/c1-7-21(19(2)3)9-8-20(4)25-12-13-26-24-11-10-22-18-23(30)14-16-28(22,5)27(24)15-17-29(25,26)6/h19-27,30H,7-18H2,1-6H3/t20-,21+,22-,23-,24+,25-,26-,27+,28-,29+/m0/s1. The molecule has 0 aliphatic heterocycles. The highest BCUT2D eigenvalue weighted by atomic mass is 16.3. The normalized spacial score (nSPS) is 48.0. The van der Waals surface area contributed by atoms with Crippen molar-refractivity contribution in [3.05, 3.63) is 0 Å². The topological polar surface area (TPSA) is 20.2 Å². The molecule has 0 aromatic rings. The largest absolute Gasteiger partial charge is 0.393 e. The van der Waals surface area contributed by atoms with Gasteiger partial charge in [0.25, 0.3) is 0 Å². The fraction of sp³-hybridized carbons (Fsp3) is 1.00. The molecule has 0 bridgehead atoms. The Morgan fingerprint density at radius 3 is 2.23 bits per heavy atom. The smallest absolute Gasteiger partial charge is 0.0543 e. The minimum Gasteiger partial charge on any atom is -0.393 e. The van der Waals surface area contributed by atoms with Crippen LogP contribution in [0.15, 0.2) is 0 Å². The summed E-state index contributed by atoms with van der Waals surface area (Å²) in [6, 6.07) is 0. The van der Waals surface area contributed by atoms with Crippen LogP contribution in [0, 0.1) is 58.2 Å². The van der Waals surface area contributed by atoms with Gasteiger partial charge in [-0.15, -0.1) is 0 Å². The van der Waals surface area contributed by atoms with Crippen LogP contribution in [0.2, 0.25) is 0 Å². The minimum atomic E-state index is -0.0111. The Bertz CT molecular complexity index is 583. The summed E-state index contributed by atoms with van der Waals surface area (Å²) in [4.78, 5) is 0. The van der Waals surface area contributed by atoms with Crippen molar-refractivity contribution in [1.82, 2.24) is 0 Å². The molecule has 1 heteroatoms. The zero-order valence-corrected chi connectivity index (χ0v) is 21.1. The molecule has 4 aliphatic carbocycles. The second-order valence-electron chi connectivity index (χ2n) is 13.3. The highest BCUT2D eigenvalue weighted by Gasteiger charge is 2.60. The molecule has 174 valence electrons. The maximum atomic E-state index is 10.3. The van der Waals surface area contributed by atoms with Crippen molar-refractivity contribution in [3.8, 4) is 0 Å². The molecule has 1 N–H and O–H groups in total. The Labute approximate surface area is 188 Å². The molecule has 0 unspecified atom stereocenters. The first-order valence-electron chi connectivity index (χ1n) is 13.9. The van der Waals surface area contributed by atoms with Crippen LogP contribution in [0.25, 0.3) is 0 Å². The summed E-state index contributed by atoms with van der Waals surface area (Å²) in [6.45, 7) is 15.2. The predicted octanol–water partition coefficient (Wildman–Crippen LogP) is 8.10. The Morgan fingerprint density at radius 2 is 1.53 bits per heavy atom. The van der Waals surface area contributed by atoms with Gasteiger partial charge >= 0.3 is 0 Å². The summed E-state index contributed by atoms with van der Waals surface area (Å²) in [5.41, 5.74) is 1.14. The third-order valence-electron chi connectivity index (χ3n) is 11.9. The van der Waals surface area contributed by atoms with E-state index in [4.69, 9.17) is 0 Å². The summed E-state index contributed by atoms with van der Waals surface area (Å²) in [5.74, 6) is 7.34. The molecule has 0 heterocycles. The Morgan fingerprint density at radius 1 is 0.833 bits per heavy atom. The Hall–Kier alpha value is -0.0400. The fourth-order valence-electron chi connectivity index (χ4n) is 9.90. The van der Waals surface area contributed by atoms with Gasteiger partial charge in [-0.25, -0.2) is 0 Å². The van der Waals surface area contributed by atoms with E-state index in [9.17, 15) is 5.11 Å². The van der Waals surface area contributed by atoms with E-state index in [1.807, 2.05) is 0 Å². The SMILES string of the molecule is CC[C@H](CC[C@H](C)[C@@H]1CC[C@H]2[C@H]3CC[C@H]4C[C@@H](O)CC[C@]4(C)[C@@H]3CC[C@@]21C)C(C)C. The highest BCUT2D eigenvalue weighted by Crippen LogP contribution is 2.68. The van der Waals surface area contributed by atoms with Gasteiger partial charge in [-0.05, 0) is 122 Å². The lowest BCUT2D eigenvalue weighted by Crippen LogP contribution is -2.54. The van der Waals surface area contributed by atoms with Crippen LogP contribution in [-0.2, 0) is 0 Å². The van der Waals surface area contributed by atoms with Crippen LogP contribution in [0.4, 0.5) is 0 Å². The molecule has 4 rings (SSSR count). The number of aliphatic hydroxyl groups is 1. The quantitative estimate of drug-likeness (QED) is 0.463. The maximum absolute atomic E-state index is 10.3. The fourth-order valence-corrected chi connectivity index (χ4v) is 9.90. The van der Waals surface area contributed by atoms with E-state index >= 15 is 0 Å². The van der Waals surface area contributed by atoms with E-state index in [1.165, 1.54) is 64.2 Å². The molecule has 10 atom stereocenters. The van der Waals surface area contributed by atoms with Gasteiger partial charge in [0.1, 0.15) is 0 Å². The summed E-state index contributed by atoms with van der Waals surface area (Å²) < 4.78 is 0. The van der Waals surface area contributed by atoms with E-state index in [0.717, 1.165) is 60.2 Å². The lowest BCUT2D eigenvalue weighted by Gasteiger charge is -2.61. The molecule has 4 fully saturated rings. The van der Waals surface area contributed by atoms with E-state index in [2.05, 4.69) is 41.5 Å². The third-order valence-corrected chi connectivity index (χ3v) is 11.9. The van der Waals surface area contributed by atoms with Crippen LogP contribution >= 0.6 is 0 Å². The Kier molecular flexibility index (Phi) is 6.72. The first-order chi connectivity index (χ1) is 14.2. The van der Waals surface area contributed by atoms with Crippen molar-refractivity contribution in [1.29, 1.82) is 0 Å². The molecular formula is C29H52O. The van der Waals surface area contributed by atoms with Gasteiger partial charge in [0.05, 0.1) is 6.10 Å². The van der Waals surface area contributed by atoms with Gasteiger partial charge in [0.15, 0.2) is 0 Å². The second kappa shape index (κ2) is 8.72. The number of hydrogen-bond donors (Lipinski definition) is 1. The van der Waals surface area contributed by atoms with Crippen molar-refractivity contribution in [2.45, 2.75) is 125 Å². The molecule has 0 aromatic heterocycles. The zero-order valence-electron chi connectivity index (χ0n) is 21.1. The first kappa shape index (κ1) is 23.1. The van der Waals surface area contributed by atoms with E-state index in [1.54, 1.807) is 0 Å². The van der Waals surface area contributed by atoms with E-state index in [-0.39, 0.29) is 6.10 Å². The van der Waals surface area contributed by atoms with Gasteiger partial charge in [-0.2, -0.15) is 0 Å². The number of aliphatic hydroxyl groups excluding tert-OH is 1. The molecule has 4 aliphatic rings. The van der Waals surface area contributed by atoms with Crippen molar-refractivity contribution in [2.75, 3.05) is 0 Å². The number of rotatable bonds is 6. The van der Waals surface area contributed by atoms with Crippen LogP contribution in [0.5, 0.6) is 0 Å². The van der Waals surface area contributed by atoms with Gasteiger partial charge in [-0.1, -0.05) is 54.4 Å². The van der Waals surface area contributed by atoms with E-state index in [0.29, 0.717) is 10.8 Å². The summed E-state index contributed by atoms with van der Waals surface area (Å²) >= 11 is 0. The van der Waals surface area contributed by atoms with Crippen molar-refractivity contribution >= 4 is 0 Å². The molecule has 0 saturated heterocycles. The zero-order chi connectivity index (χ0) is 21.7. The second-order valence-corrected chi connectivity index (χ2v) is 13.3. The van der Waals surface area contributed by atoms with Crippen molar-refractivity contribution in [3.63, 3.8) is 0 Å². The highest BCUT2D eigenvalue weighted by molar-refractivity contribution is 5.09. The molecule has 1 nitrogen and oxygen atoms in total. The lowest BCUT2D eigenvalue weighted by atomic mass is 9.44. The molecule has 0 aromatic carbocycles. The van der Waals surface area contributed by atoms with Gasteiger partial charge in [-0.3, -0.25) is 0 Å². The summed E-state index contributed by atoms with van der Waals surface area (Å²) in [7, 11) is 0. The predicted molar refractivity (Wildman–Crippen MR) is 128 cm³/mol. The van der Waals surface area contributed by atoms with Crippen LogP contribution < -0.4 is 0 Å². The Balaban J connectivity index is 1.45. The number of hydrogen-bond acceptors (Lipinski definition) is 1. The van der Waals surface area contributed by atoms with E-state index < -0.39 is 0 Å². The summed E-state index contributed by atoms with van der Waals surface area (Å²) in [6.07, 6.45) is 16.5. The van der Waals surface area contributed by atoms with Crippen LogP contribution in [0.3, 0.4) is 0 Å². The van der Waals surface area contributed by atoms with Crippen molar-refractivity contribution < 1.29 is 5.11 Å². The molecule has 4 saturated carbocycles. The lowest BCUT2D eigenvalue weighted by molar-refractivity contribution is -0.129. The molecule has 0 radical (unpaired) electrons. The molecular weight excluding hydrogens is 364 g/mol. The monoisotopic (exact) mass is 416 g/mol. The van der Waals surface area contributed by atoms with Gasteiger partial charge in [0, 0.05) is 0 Å². The average Bonchev–Trinajstić information content (AvgIpc) is 3.06. The maximum Gasteiger partial charge on any atom is 0.0543 e. The summed E-state index contributed by atoms with van der Waals surface area (Å²) in [5, 5.41) is 10.3. The van der Waals surface area contributed by atoms with Gasteiger partial charge in [0.2, 0.25) is 0 Å². The first-order valence-corrected chi connectivity index (χ1v) is 13.9. The molecule has 30 heavy (non-hydrogen) atoms. The van der Waals surface area contributed by atoms with Gasteiger partial charge < -0.3 is 5.11 Å². The van der Waals surface area contributed by atoms with Crippen LogP contribution in [-0.4, -0.2) is 11.2 Å². The van der Waals surface area contributed by atoms with Crippen LogP contribution in [0.1, 0.15) is 119 Å². The minimum absolute atomic E-state index is 0.0111. The third kappa shape index (κ3) is 3.82. The number of fused-ring (bicyclic) bond motifs is 5. The average molecular weight is 417 g/mol. The molecule has 0 spiro atoms. The van der Waals surface area contributed by atoms with Crippen molar-refractivity contribution in [2.24, 2.45) is 58.2 Å². The molecule has 0 amide bonds.